The summed E-state index contributed by atoms with van der Waals surface area (Å²) in [4.78, 5) is 22.7. The average Bonchev–Trinajstić information content (AvgIpc) is 2.81. The fourth-order valence-corrected chi connectivity index (χ4v) is 2.20. The van der Waals surface area contributed by atoms with Gasteiger partial charge in [-0.05, 0) is 13.0 Å². The van der Waals surface area contributed by atoms with E-state index in [1.807, 2.05) is 0 Å². The SMILES string of the molecule is C=C(C)C(=O)OC1C2C=C3C(=O)OC1C3O2. The van der Waals surface area contributed by atoms with E-state index < -0.39 is 18.2 Å². The molecule has 2 bridgehead atoms. The Morgan fingerprint density at radius 2 is 2.31 bits per heavy atom. The standard InChI is InChI=1S/C11H10O5/c1-4(2)10(12)15-8-6-3-5-7(14-6)9(8)16-11(5)13/h3,6-9H,1H2,2H3. The molecule has 3 heterocycles. The smallest absolute Gasteiger partial charge is 0.337 e. The number of hydrogen-bond donors (Lipinski definition) is 0. The van der Waals surface area contributed by atoms with Crippen LogP contribution in [0.15, 0.2) is 23.8 Å². The summed E-state index contributed by atoms with van der Waals surface area (Å²) in [6.45, 7) is 5.06. The molecular weight excluding hydrogens is 212 g/mol. The first-order valence-electron chi connectivity index (χ1n) is 5.02. The summed E-state index contributed by atoms with van der Waals surface area (Å²) in [6, 6.07) is 0. The van der Waals surface area contributed by atoms with Crippen LogP contribution in [0, 0.1) is 0 Å². The Labute approximate surface area is 91.7 Å². The summed E-state index contributed by atoms with van der Waals surface area (Å²) >= 11 is 0. The second kappa shape index (κ2) is 2.95. The molecule has 0 aromatic carbocycles. The van der Waals surface area contributed by atoms with Gasteiger partial charge in [0.15, 0.2) is 12.2 Å². The molecule has 0 amide bonds. The van der Waals surface area contributed by atoms with E-state index in [1.54, 1.807) is 13.0 Å². The van der Waals surface area contributed by atoms with E-state index in [0.717, 1.165) is 0 Å². The zero-order valence-corrected chi connectivity index (χ0v) is 8.64. The van der Waals surface area contributed by atoms with Crippen molar-refractivity contribution >= 4 is 11.9 Å². The summed E-state index contributed by atoms with van der Waals surface area (Å²) in [5.41, 5.74) is 0.869. The maximum absolute atomic E-state index is 11.4. The summed E-state index contributed by atoms with van der Waals surface area (Å²) in [6.07, 6.45) is -0.0715. The van der Waals surface area contributed by atoms with Gasteiger partial charge in [-0.15, -0.1) is 0 Å². The van der Waals surface area contributed by atoms with E-state index >= 15 is 0 Å². The lowest BCUT2D eigenvalue weighted by Crippen LogP contribution is -2.37. The van der Waals surface area contributed by atoms with Gasteiger partial charge in [-0.1, -0.05) is 6.58 Å². The molecule has 0 aromatic heterocycles. The summed E-state index contributed by atoms with van der Waals surface area (Å²) < 4.78 is 15.8. The Morgan fingerprint density at radius 1 is 1.56 bits per heavy atom. The molecule has 0 radical (unpaired) electrons. The first-order chi connectivity index (χ1) is 7.58. The van der Waals surface area contributed by atoms with Crippen molar-refractivity contribution in [3.05, 3.63) is 23.8 Å². The number of rotatable bonds is 2. The quantitative estimate of drug-likeness (QED) is 0.490. The predicted molar refractivity (Wildman–Crippen MR) is 51.3 cm³/mol. The molecule has 0 aromatic rings. The molecule has 3 aliphatic rings. The third kappa shape index (κ3) is 1.09. The van der Waals surface area contributed by atoms with Gasteiger partial charge < -0.3 is 14.2 Å². The molecule has 16 heavy (non-hydrogen) atoms. The average molecular weight is 222 g/mol. The normalized spacial score (nSPS) is 38.3. The van der Waals surface area contributed by atoms with Crippen molar-refractivity contribution in [1.29, 1.82) is 0 Å². The predicted octanol–water partition coefficient (Wildman–Crippen LogP) is 0.107. The lowest BCUT2D eigenvalue weighted by atomic mass is 9.97. The lowest BCUT2D eigenvalue weighted by Gasteiger charge is -2.19. The highest BCUT2D eigenvalue weighted by Crippen LogP contribution is 2.43. The minimum atomic E-state index is -0.538. The van der Waals surface area contributed by atoms with E-state index in [9.17, 15) is 9.59 Å². The van der Waals surface area contributed by atoms with Gasteiger partial charge in [-0.3, -0.25) is 0 Å². The molecule has 4 atom stereocenters. The molecule has 0 spiro atoms. The van der Waals surface area contributed by atoms with E-state index in [-0.39, 0.29) is 18.2 Å². The van der Waals surface area contributed by atoms with Crippen LogP contribution in [0.3, 0.4) is 0 Å². The molecule has 0 N–H and O–H groups in total. The summed E-state index contributed by atoms with van der Waals surface area (Å²) in [7, 11) is 0. The molecule has 3 aliphatic heterocycles. The van der Waals surface area contributed by atoms with Gasteiger partial charge in [0.2, 0.25) is 0 Å². The van der Waals surface area contributed by atoms with Crippen molar-refractivity contribution in [1.82, 2.24) is 0 Å². The number of fused-ring (bicyclic) bond motifs is 1. The van der Waals surface area contributed by atoms with E-state index in [1.165, 1.54) is 0 Å². The highest BCUT2D eigenvalue weighted by Gasteiger charge is 2.60. The van der Waals surface area contributed by atoms with Crippen LogP contribution in [-0.4, -0.2) is 36.4 Å². The van der Waals surface area contributed by atoms with E-state index in [4.69, 9.17) is 14.2 Å². The van der Waals surface area contributed by atoms with Gasteiger partial charge in [-0.2, -0.15) is 0 Å². The topological polar surface area (TPSA) is 61.8 Å². The van der Waals surface area contributed by atoms with Crippen molar-refractivity contribution in [3.8, 4) is 0 Å². The minimum absolute atomic E-state index is 0.316. The molecule has 2 fully saturated rings. The second-order valence-corrected chi connectivity index (χ2v) is 4.16. The van der Waals surface area contributed by atoms with E-state index in [0.29, 0.717) is 11.1 Å². The molecule has 4 unspecified atom stereocenters. The van der Waals surface area contributed by atoms with Gasteiger partial charge in [-0.25, -0.2) is 9.59 Å². The van der Waals surface area contributed by atoms with Gasteiger partial charge in [0.1, 0.15) is 12.2 Å². The largest absolute Gasteiger partial charge is 0.452 e. The fraction of sp³-hybridized carbons (Fsp3) is 0.455. The minimum Gasteiger partial charge on any atom is -0.452 e. The molecule has 0 saturated carbocycles. The molecule has 0 aliphatic carbocycles. The number of ether oxygens (including phenoxy) is 3. The third-order valence-electron chi connectivity index (χ3n) is 2.97. The fourth-order valence-electron chi connectivity index (χ4n) is 2.20. The van der Waals surface area contributed by atoms with Crippen molar-refractivity contribution in [3.63, 3.8) is 0 Å². The Bertz CT molecular complexity index is 436. The molecular formula is C11H10O5. The van der Waals surface area contributed by atoms with Gasteiger partial charge in [0.05, 0.1) is 5.57 Å². The van der Waals surface area contributed by atoms with Crippen LogP contribution >= 0.6 is 0 Å². The molecule has 5 heteroatoms. The zero-order valence-electron chi connectivity index (χ0n) is 8.64. The highest BCUT2D eigenvalue weighted by molar-refractivity contribution is 5.94. The van der Waals surface area contributed by atoms with Gasteiger partial charge in [0, 0.05) is 5.57 Å². The third-order valence-corrected chi connectivity index (χ3v) is 2.97. The van der Waals surface area contributed by atoms with Crippen LogP contribution in [0.4, 0.5) is 0 Å². The molecule has 5 nitrogen and oxygen atoms in total. The maximum atomic E-state index is 11.4. The summed E-state index contributed by atoms with van der Waals surface area (Å²) in [5, 5.41) is 0. The van der Waals surface area contributed by atoms with Gasteiger partial charge in [0.25, 0.3) is 0 Å². The summed E-state index contributed by atoms with van der Waals surface area (Å²) in [5.74, 6) is -0.856. The number of carbonyl (C=O) groups is 2. The van der Waals surface area contributed by atoms with Crippen molar-refractivity contribution in [2.45, 2.75) is 31.3 Å². The second-order valence-electron chi connectivity index (χ2n) is 4.16. The molecule has 3 rings (SSSR count). The number of esters is 2. The zero-order chi connectivity index (χ0) is 11.4. The Hall–Kier alpha value is -1.62. The number of hydrogen-bond acceptors (Lipinski definition) is 5. The number of carbonyl (C=O) groups excluding carboxylic acids is 2. The maximum Gasteiger partial charge on any atom is 0.337 e. The van der Waals surface area contributed by atoms with Crippen LogP contribution < -0.4 is 0 Å². The van der Waals surface area contributed by atoms with Crippen LogP contribution in [0.2, 0.25) is 0 Å². The van der Waals surface area contributed by atoms with Crippen molar-refractivity contribution in [2.75, 3.05) is 0 Å². The Kier molecular flexibility index (Phi) is 1.77. The van der Waals surface area contributed by atoms with Crippen LogP contribution in [-0.2, 0) is 23.8 Å². The first kappa shape index (κ1) is 9.59. The molecule has 84 valence electrons. The van der Waals surface area contributed by atoms with Crippen molar-refractivity contribution < 1.29 is 23.8 Å². The van der Waals surface area contributed by atoms with Crippen LogP contribution in [0.25, 0.3) is 0 Å². The van der Waals surface area contributed by atoms with Crippen LogP contribution in [0.5, 0.6) is 0 Å². The van der Waals surface area contributed by atoms with Crippen molar-refractivity contribution in [2.24, 2.45) is 0 Å². The Balaban J connectivity index is 1.82. The first-order valence-corrected chi connectivity index (χ1v) is 5.02. The van der Waals surface area contributed by atoms with E-state index in [2.05, 4.69) is 6.58 Å². The molecule has 2 saturated heterocycles. The lowest BCUT2D eigenvalue weighted by molar-refractivity contribution is -0.156. The monoisotopic (exact) mass is 222 g/mol. The van der Waals surface area contributed by atoms with Gasteiger partial charge >= 0.3 is 11.9 Å². The van der Waals surface area contributed by atoms with Crippen LogP contribution in [0.1, 0.15) is 6.92 Å². The highest BCUT2D eigenvalue weighted by atomic mass is 16.7. The Morgan fingerprint density at radius 3 is 3.00 bits per heavy atom.